The van der Waals surface area contributed by atoms with Gasteiger partial charge < -0.3 is 14.1 Å². The van der Waals surface area contributed by atoms with Crippen LogP contribution in [0.2, 0.25) is 0 Å². The summed E-state index contributed by atoms with van der Waals surface area (Å²) in [6, 6.07) is -0.212. The standard InChI is InChI=1S/C16H21N5O3/c1-9-17-14(20-19-9)13-6-11(23-2)7-21(13)16(22)12-8-24-15(18-12)10-4-3-5-10/h8,10-11,13H,3-7H2,1-2H3,(H,17,19,20)/t11-,13+/m1/s1. The smallest absolute Gasteiger partial charge is 0.276 e. The van der Waals surface area contributed by atoms with Crippen molar-refractivity contribution in [3.8, 4) is 0 Å². The lowest BCUT2D eigenvalue weighted by Gasteiger charge is -2.22. The van der Waals surface area contributed by atoms with E-state index in [1.54, 1.807) is 12.0 Å². The highest BCUT2D eigenvalue weighted by atomic mass is 16.5. The molecule has 1 saturated carbocycles. The molecule has 2 aromatic rings. The monoisotopic (exact) mass is 331 g/mol. The number of nitrogens with zero attached hydrogens (tertiary/aromatic N) is 4. The first-order valence-electron chi connectivity index (χ1n) is 8.33. The van der Waals surface area contributed by atoms with Crippen molar-refractivity contribution in [2.45, 2.75) is 50.7 Å². The molecule has 3 heterocycles. The minimum Gasteiger partial charge on any atom is -0.448 e. The highest BCUT2D eigenvalue weighted by molar-refractivity contribution is 5.92. The molecule has 8 heteroatoms. The number of hydrogen-bond donors (Lipinski definition) is 1. The Hall–Kier alpha value is -2.22. The predicted molar refractivity (Wildman–Crippen MR) is 83.4 cm³/mol. The minimum atomic E-state index is -0.212. The van der Waals surface area contributed by atoms with E-state index in [1.165, 1.54) is 12.7 Å². The number of aromatic nitrogens is 4. The van der Waals surface area contributed by atoms with Crippen molar-refractivity contribution in [2.75, 3.05) is 13.7 Å². The minimum absolute atomic E-state index is 0.0317. The SMILES string of the molecule is CO[C@@H]1C[C@@H](c2n[nH]c(C)n2)N(C(=O)c2coc(C3CCC3)n2)C1. The van der Waals surface area contributed by atoms with Gasteiger partial charge in [0.15, 0.2) is 17.4 Å². The molecule has 0 aromatic carbocycles. The molecule has 2 atom stereocenters. The average molecular weight is 331 g/mol. The average Bonchev–Trinajstić information content (AvgIpc) is 3.23. The molecule has 24 heavy (non-hydrogen) atoms. The van der Waals surface area contributed by atoms with Gasteiger partial charge in [-0.25, -0.2) is 9.97 Å². The highest BCUT2D eigenvalue weighted by Crippen LogP contribution is 2.36. The molecule has 1 saturated heterocycles. The number of aryl methyl sites for hydroxylation is 1. The maximum absolute atomic E-state index is 12.9. The number of carbonyl (C=O) groups excluding carboxylic acids is 1. The van der Waals surface area contributed by atoms with Crippen LogP contribution >= 0.6 is 0 Å². The van der Waals surface area contributed by atoms with Crippen LogP contribution in [0.1, 0.15) is 65.7 Å². The number of nitrogens with one attached hydrogen (secondary N) is 1. The quantitative estimate of drug-likeness (QED) is 0.920. The fourth-order valence-corrected chi connectivity index (χ4v) is 3.32. The van der Waals surface area contributed by atoms with Gasteiger partial charge >= 0.3 is 0 Å². The van der Waals surface area contributed by atoms with Gasteiger partial charge in [0.2, 0.25) is 0 Å². The zero-order valence-electron chi connectivity index (χ0n) is 13.9. The number of methoxy groups -OCH3 is 1. The van der Waals surface area contributed by atoms with E-state index in [1.807, 2.05) is 6.92 Å². The van der Waals surface area contributed by atoms with Gasteiger partial charge in [0.05, 0.1) is 12.1 Å². The molecular formula is C16H21N5O3. The van der Waals surface area contributed by atoms with E-state index in [0.29, 0.717) is 36.3 Å². The number of H-pyrrole nitrogens is 1. The van der Waals surface area contributed by atoms with Gasteiger partial charge in [-0.05, 0) is 19.8 Å². The van der Waals surface area contributed by atoms with Crippen LogP contribution < -0.4 is 0 Å². The molecule has 0 radical (unpaired) electrons. The van der Waals surface area contributed by atoms with Crippen molar-refractivity contribution >= 4 is 5.91 Å². The van der Waals surface area contributed by atoms with Crippen molar-refractivity contribution in [3.05, 3.63) is 29.5 Å². The van der Waals surface area contributed by atoms with Crippen molar-refractivity contribution < 1.29 is 13.9 Å². The lowest BCUT2D eigenvalue weighted by atomic mass is 9.85. The van der Waals surface area contributed by atoms with E-state index < -0.39 is 0 Å². The first kappa shape index (κ1) is 15.3. The molecule has 1 aliphatic carbocycles. The van der Waals surface area contributed by atoms with Gasteiger partial charge in [0.1, 0.15) is 12.1 Å². The molecule has 2 fully saturated rings. The fourth-order valence-electron chi connectivity index (χ4n) is 3.32. The van der Waals surface area contributed by atoms with Crippen LogP contribution in [-0.2, 0) is 4.74 Å². The van der Waals surface area contributed by atoms with Crippen LogP contribution in [0.4, 0.5) is 0 Å². The fraction of sp³-hybridized carbons (Fsp3) is 0.625. The number of aromatic amines is 1. The third-order valence-corrected chi connectivity index (χ3v) is 4.96. The van der Waals surface area contributed by atoms with Crippen LogP contribution in [0.15, 0.2) is 10.7 Å². The Kier molecular flexibility index (Phi) is 3.84. The molecule has 8 nitrogen and oxygen atoms in total. The first-order valence-corrected chi connectivity index (χ1v) is 8.33. The van der Waals surface area contributed by atoms with Gasteiger partial charge in [0, 0.05) is 26.0 Å². The molecule has 0 unspecified atom stereocenters. The highest BCUT2D eigenvalue weighted by Gasteiger charge is 2.40. The lowest BCUT2D eigenvalue weighted by molar-refractivity contribution is 0.0678. The predicted octanol–water partition coefficient (Wildman–Crippen LogP) is 1.97. The summed E-state index contributed by atoms with van der Waals surface area (Å²) in [5.74, 6) is 2.23. The van der Waals surface area contributed by atoms with Crippen LogP contribution in [0.3, 0.4) is 0 Å². The molecule has 2 aliphatic rings. The van der Waals surface area contributed by atoms with Crippen LogP contribution in [0, 0.1) is 6.92 Å². The molecule has 4 rings (SSSR count). The van der Waals surface area contributed by atoms with Crippen LogP contribution in [-0.4, -0.2) is 50.7 Å². The summed E-state index contributed by atoms with van der Waals surface area (Å²) in [5, 5.41) is 7.06. The van der Waals surface area contributed by atoms with Gasteiger partial charge in [-0.3, -0.25) is 9.89 Å². The number of rotatable bonds is 4. The second kappa shape index (κ2) is 6.01. The summed E-state index contributed by atoms with van der Waals surface area (Å²) in [5.41, 5.74) is 0.353. The van der Waals surface area contributed by atoms with E-state index >= 15 is 0 Å². The maximum atomic E-state index is 12.9. The molecule has 1 amide bonds. The van der Waals surface area contributed by atoms with Gasteiger partial charge in [-0.1, -0.05) is 6.42 Å². The Labute approximate surface area is 139 Å². The molecular weight excluding hydrogens is 310 g/mol. The zero-order chi connectivity index (χ0) is 16.7. The second-order valence-electron chi connectivity index (χ2n) is 6.54. The number of hydrogen-bond acceptors (Lipinski definition) is 6. The van der Waals surface area contributed by atoms with E-state index in [4.69, 9.17) is 9.15 Å². The number of carbonyl (C=O) groups is 1. The Morgan fingerprint density at radius 2 is 2.25 bits per heavy atom. The van der Waals surface area contributed by atoms with Crippen molar-refractivity contribution in [3.63, 3.8) is 0 Å². The topological polar surface area (TPSA) is 97.1 Å². The van der Waals surface area contributed by atoms with Crippen LogP contribution in [0.25, 0.3) is 0 Å². The third-order valence-electron chi connectivity index (χ3n) is 4.96. The number of ether oxygens (including phenoxy) is 1. The number of likely N-dealkylation sites (tertiary alicyclic amines) is 1. The summed E-state index contributed by atoms with van der Waals surface area (Å²) in [4.78, 5) is 23.5. The van der Waals surface area contributed by atoms with Gasteiger partial charge in [0.25, 0.3) is 5.91 Å². The molecule has 2 aromatic heterocycles. The normalized spacial score (nSPS) is 24.3. The summed E-state index contributed by atoms with van der Waals surface area (Å²) < 4.78 is 11.0. The zero-order valence-corrected chi connectivity index (χ0v) is 13.9. The van der Waals surface area contributed by atoms with Crippen LogP contribution in [0.5, 0.6) is 0 Å². The van der Waals surface area contributed by atoms with Crippen molar-refractivity contribution in [2.24, 2.45) is 0 Å². The number of oxazole rings is 1. The first-order chi connectivity index (χ1) is 11.7. The van der Waals surface area contributed by atoms with E-state index in [9.17, 15) is 4.79 Å². The summed E-state index contributed by atoms with van der Waals surface area (Å²) in [7, 11) is 1.66. The van der Waals surface area contributed by atoms with E-state index in [2.05, 4.69) is 20.2 Å². The summed E-state index contributed by atoms with van der Waals surface area (Å²) >= 11 is 0. The van der Waals surface area contributed by atoms with Gasteiger partial charge in [-0.2, -0.15) is 5.10 Å². The molecule has 0 spiro atoms. The Balaban J connectivity index is 1.57. The lowest BCUT2D eigenvalue weighted by Crippen LogP contribution is -2.32. The van der Waals surface area contributed by atoms with E-state index in [0.717, 1.165) is 18.7 Å². The maximum Gasteiger partial charge on any atom is 0.276 e. The summed E-state index contributed by atoms with van der Waals surface area (Å²) in [6.45, 7) is 2.34. The Morgan fingerprint density at radius 1 is 1.42 bits per heavy atom. The molecule has 1 aliphatic heterocycles. The molecule has 0 bridgehead atoms. The van der Waals surface area contributed by atoms with E-state index in [-0.39, 0.29) is 18.1 Å². The van der Waals surface area contributed by atoms with Crippen molar-refractivity contribution in [1.29, 1.82) is 0 Å². The van der Waals surface area contributed by atoms with Gasteiger partial charge in [-0.15, -0.1) is 0 Å². The molecule has 1 N–H and O–H groups in total. The third kappa shape index (κ3) is 2.60. The Morgan fingerprint density at radius 3 is 2.88 bits per heavy atom. The largest absolute Gasteiger partial charge is 0.448 e. The number of amides is 1. The second-order valence-corrected chi connectivity index (χ2v) is 6.54. The van der Waals surface area contributed by atoms with Crippen molar-refractivity contribution in [1.82, 2.24) is 25.1 Å². The Bertz CT molecular complexity index is 736. The molecule has 128 valence electrons. The summed E-state index contributed by atoms with van der Waals surface area (Å²) in [6.07, 6.45) is 5.48.